The van der Waals surface area contributed by atoms with E-state index in [1.165, 1.54) is 32.1 Å². The zero-order chi connectivity index (χ0) is 14.0. The van der Waals surface area contributed by atoms with Gasteiger partial charge in [0.25, 0.3) is 0 Å². The number of aliphatic hydroxyl groups excluding tert-OH is 1. The third kappa shape index (κ3) is 3.48. The summed E-state index contributed by atoms with van der Waals surface area (Å²) in [6.07, 6.45) is 6.56. The smallest absolute Gasteiger partial charge is 0.312 e. The Morgan fingerprint density at radius 3 is 2.53 bits per heavy atom. The zero-order valence-electron chi connectivity index (χ0n) is 12.1. The second-order valence-electron chi connectivity index (χ2n) is 6.93. The molecule has 2 rings (SSSR count). The molecule has 3 N–H and O–H groups in total. The predicted molar refractivity (Wildman–Crippen MR) is 73.5 cm³/mol. The molecule has 1 saturated heterocycles. The van der Waals surface area contributed by atoms with Crippen molar-refractivity contribution in [1.82, 2.24) is 0 Å². The SMILES string of the molecule is CC1(C)C[C@@H](C(O)C(N)CC2CCCCC2)OC1=O. The number of carbonyl (C=O) groups is 1. The molecule has 2 unspecified atom stereocenters. The molecule has 1 aliphatic carbocycles. The Morgan fingerprint density at radius 2 is 2.00 bits per heavy atom. The number of esters is 1. The lowest BCUT2D eigenvalue weighted by atomic mass is 9.82. The molecule has 0 aromatic rings. The van der Waals surface area contributed by atoms with Crippen molar-refractivity contribution in [3.8, 4) is 0 Å². The number of nitrogens with two attached hydrogens (primary N) is 1. The lowest BCUT2D eigenvalue weighted by Gasteiger charge is -2.29. The molecule has 19 heavy (non-hydrogen) atoms. The van der Waals surface area contributed by atoms with E-state index in [4.69, 9.17) is 10.5 Å². The van der Waals surface area contributed by atoms with Crippen molar-refractivity contribution in [3.63, 3.8) is 0 Å². The van der Waals surface area contributed by atoms with Gasteiger partial charge in [0.05, 0.1) is 5.41 Å². The van der Waals surface area contributed by atoms with Crippen LogP contribution >= 0.6 is 0 Å². The average molecular weight is 269 g/mol. The first-order valence-corrected chi connectivity index (χ1v) is 7.55. The third-order valence-corrected chi connectivity index (χ3v) is 4.67. The van der Waals surface area contributed by atoms with Crippen molar-refractivity contribution < 1.29 is 14.6 Å². The van der Waals surface area contributed by atoms with Gasteiger partial charge in [-0.25, -0.2) is 0 Å². The first kappa shape index (κ1) is 14.8. The topological polar surface area (TPSA) is 72.6 Å². The molecule has 0 aromatic heterocycles. The largest absolute Gasteiger partial charge is 0.459 e. The van der Waals surface area contributed by atoms with Crippen molar-refractivity contribution in [3.05, 3.63) is 0 Å². The van der Waals surface area contributed by atoms with E-state index >= 15 is 0 Å². The van der Waals surface area contributed by atoms with Gasteiger partial charge in [-0.1, -0.05) is 32.1 Å². The van der Waals surface area contributed by atoms with Gasteiger partial charge in [-0.05, 0) is 26.2 Å². The summed E-state index contributed by atoms with van der Waals surface area (Å²) < 4.78 is 5.28. The first-order valence-electron chi connectivity index (χ1n) is 7.55. The summed E-state index contributed by atoms with van der Waals surface area (Å²) in [4.78, 5) is 11.6. The van der Waals surface area contributed by atoms with E-state index in [1.807, 2.05) is 13.8 Å². The highest BCUT2D eigenvalue weighted by atomic mass is 16.6. The standard InChI is InChI=1S/C15H27NO3/c1-15(2)9-12(19-14(15)18)13(17)11(16)8-10-6-4-3-5-7-10/h10-13,17H,3-9,16H2,1-2H3/t11?,12-,13?/m0/s1. The van der Waals surface area contributed by atoms with E-state index in [0.29, 0.717) is 12.3 Å². The van der Waals surface area contributed by atoms with Gasteiger partial charge in [0.2, 0.25) is 0 Å². The molecule has 4 heteroatoms. The number of carbonyl (C=O) groups excluding carboxylic acids is 1. The van der Waals surface area contributed by atoms with Gasteiger partial charge >= 0.3 is 5.97 Å². The van der Waals surface area contributed by atoms with Crippen LogP contribution in [-0.2, 0) is 9.53 Å². The van der Waals surface area contributed by atoms with Gasteiger partial charge in [0.15, 0.2) is 0 Å². The number of cyclic esters (lactones) is 1. The van der Waals surface area contributed by atoms with Crippen molar-refractivity contribution in [2.75, 3.05) is 0 Å². The Hall–Kier alpha value is -0.610. The Kier molecular flexibility index (Phi) is 4.51. The summed E-state index contributed by atoms with van der Waals surface area (Å²) in [7, 11) is 0. The minimum absolute atomic E-state index is 0.221. The molecule has 110 valence electrons. The quantitative estimate of drug-likeness (QED) is 0.766. The van der Waals surface area contributed by atoms with Gasteiger partial charge < -0.3 is 15.6 Å². The van der Waals surface area contributed by atoms with Crippen LogP contribution in [0.25, 0.3) is 0 Å². The fraction of sp³-hybridized carbons (Fsp3) is 0.933. The molecule has 2 aliphatic rings. The summed E-state index contributed by atoms with van der Waals surface area (Å²) in [5.74, 6) is 0.407. The van der Waals surface area contributed by atoms with Crippen LogP contribution in [0.3, 0.4) is 0 Å². The van der Waals surface area contributed by atoms with E-state index in [1.54, 1.807) is 0 Å². The molecular weight excluding hydrogens is 242 g/mol. The highest BCUT2D eigenvalue weighted by Crippen LogP contribution is 2.36. The molecule has 0 spiro atoms. The van der Waals surface area contributed by atoms with Crippen LogP contribution in [0.2, 0.25) is 0 Å². The number of hydrogen-bond donors (Lipinski definition) is 2. The van der Waals surface area contributed by atoms with Crippen molar-refractivity contribution in [1.29, 1.82) is 0 Å². The van der Waals surface area contributed by atoms with Gasteiger partial charge in [-0.3, -0.25) is 4.79 Å². The molecule has 0 bridgehead atoms. The lowest BCUT2D eigenvalue weighted by molar-refractivity contribution is -0.151. The maximum Gasteiger partial charge on any atom is 0.312 e. The minimum Gasteiger partial charge on any atom is -0.459 e. The highest BCUT2D eigenvalue weighted by molar-refractivity contribution is 5.78. The van der Waals surface area contributed by atoms with Crippen LogP contribution in [-0.4, -0.2) is 29.3 Å². The van der Waals surface area contributed by atoms with Crippen LogP contribution in [0.1, 0.15) is 58.8 Å². The zero-order valence-corrected chi connectivity index (χ0v) is 12.1. The Balaban J connectivity index is 1.85. The molecule has 3 atom stereocenters. The van der Waals surface area contributed by atoms with Crippen LogP contribution in [0, 0.1) is 11.3 Å². The van der Waals surface area contributed by atoms with E-state index in [9.17, 15) is 9.90 Å². The normalized spacial score (nSPS) is 30.9. The fourth-order valence-corrected chi connectivity index (χ4v) is 3.34. The van der Waals surface area contributed by atoms with E-state index < -0.39 is 17.6 Å². The second kappa shape index (κ2) is 5.80. The molecule has 1 saturated carbocycles. The number of rotatable bonds is 4. The first-order chi connectivity index (χ1) is 8.90. The lowest BCUT2D eigenvalue weighted by Crippen LogP contribution is -2.44. The number of ether oxygens (including phenoxy) is 1. The van der Waals surface area contributed by atoms with Crippen LogP contribution in [0.15, 0.2) is 0 Å². The van der Waals surface area contributed by atoms with E-state index in [-0.39, 0.29) is 12.0 Å². The minimum atomic E-state index is -0.729. The van der Waals surface area contributed by atoms with Gasteiger partial charge in [-0.2, -0.15) is 0 Å². The summed E-state index contributed by atoms with van der Waals surface area (Å²) in [6.45, 7) is 3.71. The predicted octanol–water partition coefficient (Wildman–Crippen LogP) is 1.99. The Morgan fingerprint density at radius 1 is 1.37 bits per heavy atom. The number of hydrogen-bond acceptors (Lipinski definition) is 4. The summed E-state index contributed by atoms with van der Waals surface area (Å²) in [6, 6.07) is -0.283. The van der Waals surface area contributed by atoms with Crippen LogP contribution in [0.4, 0.5) is 0 Å². The van der Waals surface area contributed by atoms with Gasteiger partial charge in [0, 0.05) is 12.5 Å². The molecule has 1 aliphatic heterocycles. The summed E-state index contributed by atoms with van der Waals surface area (Å²) >= 11 is 0. The summed E-state index contributed by atoms with van der Waals surface area (Å²) in [5, 5.41) is 10.3. The monoisotopic (exact) mass is 269 g/mol. The fourth-order valence-electron chi connectivity index (χ4n) is 3.34. The highest BCUT2D eigenvalue weighted by Gasteiger charge is 2.45. The Bertz CT molecular complexity index is 323. The van der Waals surface area contributed by atoms with Crippen LogP contribution < -0.4 is 5.73 Å². The average Bonchev–Trinajstić information content (AvgIpc) is 2.64. The molecule has 2 fully saturated rings. The van der Waals surface area contributed by atoms with Gasteiger partial charge in [-0.15, -0.1) is 0 Å². The Labute approximate surface area is 115 Å². The van der Waals surface area contributed by atoms with Crippen molar-refractivity contribution >= 4 is 5.97 Å². The molecule has 0 amide bonds. The maximum absolute atomic E-state index is 11.6. The van der Waals surface area contributed by atoms with E-state index in [0.717, 1.165) is 6.42 Å². The number of aliphatic hydroxyl groups is 1. The maximum atomic E-state index is 11.6. The third-order valence-electron chi connectivity index (χ3n) is 4.67. The summed E-state index contributed by atoms with van der Waals surface area (Å²) in [5.41, 5.74) is 5.63. The molecule has 0 aromatic carbocycles. The van der Waals surface area contributed by atoms with Gasteiger partial charge in [0.1, 0.15) is 12.2 Å². The van der Waals surface area contributed by atoms with Crippen molar-refractivity contribution in [2.45, 2.75) is 77.0 Å². The molecule has 0 radical (unpaired) electrons. The van der Waals surface area contributed by atoms with E-state index in [2.05, 4.69) is 0 Å². The molecular formula is C15H27NO3. The van der Waals surface area contributed by atoms with Crippen LogP contribution in [0.5, 0.6) is 0 Å². The molecule has 1 heterocycles. The molecule has 4 nitrogen and oxygen atoms in total. The van der Waals surface area contributed by atoms with Crippen molar-refractivity contribution in [2.24, 2.45) is 17.1 Å². The second-order valence-corrected chi connectivity index (χ2v) is 6.93.